The number of carbonyl (C=O) groups is 1. The summed E-state index contributed by atoms with van der Waals surface area (Å²) in [4.78, 5) is 17.1. The third-order valence-corrected chi connectivity index (χ3v) is 5.60. The van der Waals surface area contributed by atoms with Gasteiger partial charge < -0.3 is 9.47 Å². The summed E-state index contributed by atoms with van der Waals surface area (Å²) in [5.41, 5.74) is 2.76. The maximum atomic E-state index is 13.0. The van der Waals surface area contributed by atoms with Crippen LogP contribution in [0.5, 0.6) is 10.9 Å². The predicted molar refractivity (Wildman–Crippen MR) is 125 cm³/mol. The van der Waals surface area contributed by atoms with Crippen LogP contribution in [-0.4, -0.2) is 28.2 Å². The number of anilines is 1. The molecule has 8 nitrogen and oxygen atoms in total. The number of amides is 1. The lowest BCUT2D eigenvalue weighted by atomic mass is 9.98. The van der Waals surface area contributed by atoms with Crippen LogP contribution in [0.15, 0.2) is 60.9 Å². The van der Waals surface area contributed by atoms with Gasteiger partial charge in [-0.25, -0.2) is 0 Å². The van der Waals surface area contributed by atoms with Gasteiger partial charge in [0.25, 0.3) is 11.1 Å². The molecule has 0 aliphatic heterocycles. The first-order valence-electron chi connectivity index (χ1n) is 9.62. The molecule has 0 radical (unpaired) electrons. The highest BCUT2D eigenvalue weighted by atomic mass is 35.5. The minimum Gasteiger partial charge on any atom is -0.495 e. The van der Waals surface area contributed by atoms with E-state index in [1.807, 2.05) is 12.1 Å². The van der Waals surface area contributed by atoms with E-state index in [2.05, 4.69) is 26.6 Å². The number of ether oxygens (including phenoxy) is 2. The zero-order valence-corrected chi connectivity index (χ0v) is 18.9. The highest BCUT2D eigenvalue weighted by Gasteiger charge is 2.19. The Morgan fingerprint density at radius 1 is 1.15 bits per heavy atom. The van der Waals surface area contributed by atoms with Crippen LogP contribution in [0.2, 0.25) is 5.02 Å². The van der Waals surface area contributed by atoms with Crippen molar-refractivity contribution >= 4 is 34.0 Å². The molecule has 0 spiro atoms. The Kier molecular flexibility index (Phi) is 6.78. The molecule has 164 valence electrons. The number of nitriles is 1. The third-order valence-electron chi connectivity index (χ3n) is 4.60. The zero-order chi connectivity index (χ0) is 23.2. The van der Waals surface area contributed by atoms with Crippen molar-refractivity contribution < 1.29 is 14.3 Å². The molecule has 0 saturated carbocycles. The van der Waals surface area contributed by atoms with Gasteiger partial charge >= 0.3 is 0 Å². The van der Waals surface area contributed by atoms with Gasteiger partial charge in [0.2, 0.25) is 5.13 Å². The van der Waals surface area contributed by atoms with E-state index in [0.29, 0.717) is 44.8 Å². The number of carbonyl (C=O) groups excluding carboxylic acids is 1. The van der Waals surface area contributed by atoms with Crippen molar-refractivity contribution in [3.05, 3.63) is 82.6 Å². The van der Waals surface area contributed by atoms with Crippen LogP contribution in [0.3, 0.4) is 0 Å². The lowest BCUT2D eigenvalue weighted by molar-refractivity contribution is 0.102. The molecule has 33 heavy (non-hydrogen) atoms. The summed E-state index contributed by atoms with van der Waals surface area (Å²) >= 11 is 6.99. The largest absolute Gasteiger partial charge is 0.495 e. The predicted octanol–water partition coefficient (Wildman–Crippen LogP) is 4.97. The van der Waals surface area contributed by atoms with E-state index in [1.165, 1.54) is 13.3 Å². The summed E-state index contributed by atoms with van der Waals surface area (Å²) in [6, 6.07) is 16.2. The second kappa shape index (κ2) is 10.1. The lowest BCUT2D eigenvalue weighted by Crippen LogP contribution is -2.13. The van der Waals surface area contributed by atoms with E-state index in [0.717, 1.165) is 16.9 Å². The molecule has 0 fully saturated rings. The average Bonchev–Trinajstić information content (AvgIpc) is 3.30. The number of benzene rings is 2. The fourth-order valence-corrected chi connectivity index (χ4v) is 3.79. The Labute approximate surface area is 198 Å². The molecule has 1 amide bonds. The van der Waals surface area contributed by atoms with Gasteiger partial charge in [0.05, 0.1) is 18.2 Å². The van der Waals surface area contributed by atoms with Gasteiger partial charge in [-0.05, 0) is 41.2 Å². The Morgan fingerprint density at radius 2 is 1.97 bits per heavy atom. The van der Waals surface area contributed by atoms with E-state index in [9.17, 15) is 10.1 Å². The van der Waals surface area contributed by atoms with Gasteiger partial charge in [0.15, 0.2) is 0 Å². The van der Waals surface area contributed by atoms with Gasteiger partial charge in [-0.1, -0.05) is 41.0 Å². The van der Waals surface area contributed by atoms with Crippen LogP contribution in [0.4, 0.5) is 5.13 Å². The van der Waals surface area contributed by atoms with E-state index in [1.54, 1.807) is 42.6 Å². The van der Waals surface area contributed by atoms with Crippen molar-refractivity contribution in [3.63, 3.8) is 0 Å². The highest BCUT2D eigenvalue weighted by Crippen LogP contribution is 2.35. The van der Waals surface area contributed by atoms with Crippen molar-refractivity contribution in [2.24, 2.45) is 0 Å². The monoisotopic (exact) mass is 477 g/mol. The molecule has 0 aliphatic carbocycles. The smallest absolute Gasteiger partial charge is 0.296 e. The number of rotatable bonds is 7. The van der Waals surface area contributed by atoms with Crippen LogP contribution in [0.25, 0.3) is 11.1 Å². The van der Waals surface area contributed by atoms with Crippen LogP contribution < -0.4 is 14.8 Å². The molecular weight excluding hydrogens is 462 g/mol. The van der Waals surface area contributed by atoms with Gasteiger partial charge in [0.1, 0.15) is 18.4 Å². The van der Waals surface area contributed by atoms with Gasteiger partial charge in [0, 0.05) is 28.5 Å². The molecule has 1 N–H and O–H groups in total. The maximum absolute atomic E-state index is 13.0. The van der Waals surface area contributed by atoms with E-state index in [4.69, 9.17) is 21.1 Å². The van der Waals surface area contributed by atoms with Crippen LogP contribution in [0.1, 0.15) is 21.5 Å². The number of hydrogen-bond donors (Lipinski definition) is 1. The fraction of sp³-hybridized carbons (Fsp3) is 0.0870. The first-order chi connectivity index (χ1) is 16.1. The summed E-state index contributed by atoms with van der Waals surface area (Å²) in [5.74, 6) is -0.0445. The maximum Gasteiger partial charge on any atom is 0.296 e. The SMILES string of the molecule is COc1c(C#N)cccc1-c1ccncc1C(=O)Nc1nnc(OCc2ccc(Cl)cc2)s1. The van der Waals surface area contributed by atoms with E-state index < -0.39 is 5.91 Å². The van der Waals surface area contributed by atoms with Crippen LogP contribution >= 0.6 is 22.9 Å². The van der Waals surface area contributed by atoms with Crippen molar-refractivity contribution in [1.82, 2.24) is 15.2 Å². The number of nitrogens with one attached hydrogen (secondary N) is 1. The third kappa shape index (κ3) is 5.09. The average molecular weight is 478 g/mol. The van der Waals surface area contributed by atoms with Crippen LogP contribution in [-0.2, 0) is 6.61 Å². The minimum atomic E-state index is -0.428. The molecule has 0 unspecified atom stereocenters. The first-order valence-corrected chi connectivity index (χ1v) is 10.8. The van der Waals surface area contributed by atoms with Crippen molar-refractivity contribution in [2.45, 2.75) is 6.61 Å². The molecule has 2 aromatic carbocycles. The summed E-state index contributed by atoms with van der Waals surface area (Å²) in [7, 11) is 1.48. The van der Waals surface area contributed by atoms with Gasteiger partial charge in [-0.3, -0.25) is 15.1 Å². The molecule has 2 aromatic heterocycles. The molecule has 4 aromatic rings. The number of methoxy groups -OCH3 is 1. The summed E-state index contributed by atoms with van der Waals surface area (Å²) in [6.07, 6.45) is 3.01. The van der Waals surface area contributed by atoms with Crippen molar-refractivity contribution in [3.8, 4) is 28.1 Å². The second-order valence-electron chi connectivity index (χ2n) is 6.66. The molecule has 2 heterocycles. The Hall–Kier alpha value is -4.00. The van der Waals surface area contributed by atoms with Crippen molar-refractivity contribution in [2.75, 3.05) is 12.4 Å². The second-order valence-corrected chi connectivity index (χ2v) is 8.04. The first kappa shape index (κ1) is 22.2. The zero-order valence-electron chi connectivity index (χ0n) is 17.3. The lowest BCUT2D eigenvalue weighted by Gasteiger charge is -2.13. The summed E-state index contributed by atoms with van der Waals surface area (Å²) in [5, 5.41) is 21.3. The fourth-order valence-electron chi connectivity index (χ4n) is 3.08. The molecular formula is C23H16ClN5O3S. The molecule has 4 rings (SSSR count). The standard InChI is InChI=1S/C23H16ClN5O3S/c1-31-20-15(11-25)3-2-4-18(20)17-9-10-26-12-19(17)21(30)27-22-28-29-23(33-22)32-13-14-5-7-16(24)8-6-14/h2-10,12H,13H2,1H3,(H,27,28,30). The summed E-state index contributed by atoms with van der Waals surface area (Å²) in [6.45, 7) is 0.293. The number of para-hydroxylation sites is 1. The van der Waals surface area contributed by atoms with Gasteiger partial charge in [-0.15, -0.1) is 5.10 Å². The number of aromatic nitrogens is 3. The molecule has 10 heteroatoms. The Morgan fingerprint density at radius 3 is 2.73 bits per heavy atom. The Bertz CT molecular complexity index is 1330. The van der Waals surface area contributed by atoms with E-state index in [-0.39, 0.29) is 5.13 Å². The molecule has 0 aliphatic rings. The topological polar surface area (TPSA) is 110 Å². The minimum absolute atomic E-state index is 0.277. The van der Waals surface area contributed by atoms with Gasteiger partial charge in [-0.2, -0.15) is 5.26 Å². The normalized spacial score (nSPS) is 10.3. The number of halogens is 1. The highest BCUT2D eigenvalue weighted by molar-refractivity contribution is 7.17. The summed E-state index contributed by atoms with van der Waals surface area (Å²) < 4.78 is 11.1. The molecule has 0 bridgehead atoms. The number of hydrogen-bond acceptors (Lipinski definition) is 8. The molecule has 0 atom stereocenters. The number of pyridine rings is 1. The van der Waals surface area contributed by atoms with Crippen molar-refractivity contribution in [1.29, 1.82) is 5.26 Å². The molecule has 0 saturated heterocycles. The van der Waals surface area contributed by atoms with Crippen LogP contribution in [0, 0.1) is 11.3 Å². The number of nitrogens with zero attached hydrogens (tertiary/aromatic N) is 4. The Balaban J connectivity index is 1.52. The van der Waals surface area contributed by atoms with E-state index >= 15 is 0 Å². The quantitative estimate of drug-likeness (QED) is 0.400.